The summed E-state index contributed by atoms with van der Waals surface area (Å²) < 4.78 is 23.8. The van der Waals surface area contributed by atoms with Crippen molar-refractivity contribution in [3.8, 4) is 11.5 Å². The topological polar surface area (TPSA) is 76.7 Å². The molecule has 142 valence electrons. The van der Waals surface area contributed by atoms with Gasteiger partial charge in [-0.1, -0.05) is 6.07 Å². The number of rotatable bonds is 8. The first-order chi connectivity index (χ1) is 13.0. The number of hydrogen-bond donors (Lipinski definition) is 2. The summed E-state index contributed by atoms with van der Waals surface area (Å²) in [6.45, 7) is 0.555. The fourth-order valence-corrected chi connectivity index (χ4v) is 2.67. The van der Waals surface area contributed by atoms with Crippen LogP contribution < -0.4 is 20.1 Å². The van der Waals surface area contributed by atoms with Gasteiger partial charge < -0.3 is 20.1 Å². The van der Waals surface area contributed by atoms with E-state index in [2.05, 4.69) is 10.6 Å². The largest absolute Gasteiger partial charge is 0.497 e. The number of benzene rings is 2. The highest BCUT2D eigenvalue weighted by Gasteiger charge is 2.56. The Labute approximate surface area is 156 Å². The Hall–Kier alpha value is -3.09. The molecule has 1 aliphatic carbocycles. The fraction of sp³-hybridized carbons (Fsp3) is 0.300. The van der Waals surface area contributed by atoms with Crippen LogP contribution in [0.3, 0.4) is 0 Å². The van der Waals surface area contributed by atoms with Crippen LogP contribution in [0.5, 0.6) is 11.5 Å². The van der Waals surface area contributed by atoms with Gasteiger partial charge in [-0.2, -0.15) is 0 Å². The maximum atomic E-state index is 13.2. The van der Waals surface area contributed by atoms with Crippen molar-refractivity contribution in [3.63, 3.8) is 0 Å². The molecule has 2 aromatic carbocycles. The zero-order chi connectivity index (χ0) is 19.3. The van der Waals surface area contributed by atoms with E-state index < -0.39 is 17.1 Å². The molecule has 0 aromatic heterocycles. The molecule has 27 heavy (non-hydrogen) atoms. The van der Waals surface area contributed by atoms with Crippen molar-refractivity contribution in [1.82, 2.24) is 5.32 Å². The second-order valence-corrected chi connectivity index (χ2v) is 6.33. The van der Waals surface area contributed by atoms with Crippen LogP contribution in [0.1, 0.15) is 12.8 Å². The minimum absolute atomic E-state index is 0.277. The molecule has 0 aliphatic heterocycles. The summed E-state index contributed by atoms with van der Waals surface area (Å²) in [5.74, 6) is 0.194. The van der Waals surface area contributed by atoms with Crippen LogP contribution in [0.15, 0.2) is 48.5 Å². The Morgan fingerprint density at radius 3 is 2.41 bits per heavy atom. The Balaban J connectivity index is 1.46. The molecular weight excluding hydrogens is 351 g/mol. The number of methoxy groups -OCH3 is 1. The molecule has 6 nitrogen and oxygen atoms in total. The molecule has 1 aliphatic rings. The lowest BCUT2D eigenvalue weighted by atomic mass is 10.1. The molecule has 1 fully saturated rings. The standard InChI is InChI=1S/C20H21FN2O4/c1-26-16-5-7-17(8-6-16)27-12-11-22-18(24)20(9-10-20)19(25)23-15-4-2-3-14(21)13-15/h2-8,13H,9-12H2,1H3,(H,22,24)(H,23,25). The first-order valence-corrected chi connectivity index (χ1v) is 8.66. The molecule has 0 saturated heterocycles. The number of ether oxygens (including phenoxy) is 2. The molecule has 0 heterocycles. The number of nitrogens with one attached hydrogen (secondary N) is 2. The molecular formula is C20H21FN2O4. The molecule has 0 spiro atoms. The zero-order valence-electron chi connectivity index (χ0n) is 15.0. The summed E-state index contributed by atoms with van der Waals surface area (Å²) in [5, 5.41) is 5.34. The molecule has 2 amide bonds. The number of anilines is 1. The van der Waals surface area contributed by atoms with Crippen LogP contribution in [0.2, 0.25) is 0 Å². The summed E-state index contributed by atoms with van der Waals surface area (Å²) in [7, 11) is 1.59. The number of halogens is 1. The van der Waals surface area contributed by atoms with E-state index in [1.54, 1.807) is 37.4 Å². The van der Waals surface area contributed by atoms with Gasteiger partial charge in [-0.05, 0) is 55.3 Å². The average molecular weight is 372 g/mol. The van der Waals surface area contributed by atoms with Gasteiger partial charge in [0.15, 0.2) is 0 Å². The van der Waals surface area contributed by atoms with Crippen LogP contribution in [0.4, 0.5) is 10.1 Å². The summed E-state index contributed by atoms with van der Waals surface area (Å²) in [6.07, 6.45) is 0.943. The third-order valence-electron chi connectivity index (χ3n) is 4.42. The molecule has 2 aromatic rings. The third kappa shape index (κ3) is 4.55. The van der Waals surface area contributed by atoms with Crippen LogP contribution in [0, 0.1) is 11.2 Å². The Morgan fingerprint density at radius 2 is 1.78 bits per heavy atom. The van der Waals surface area contributed by atoms with Gasteiger partial charge in [0.25, 0.3) is 0 Å². The summed E-state index contributed by atoms with van der Waals surface area (Å²) in [4.78, 5) is 24.8. The molecule has 1 saturated carbocycles. The second-order valence-electron chi connectivity index (χ2n) is 6.33. The van der Waals surface area contributed by atoms with Crippen LogP contribution in [-0.4, -0.2) is 32.1 Å². The number of carbonyl (C=O) groups is 2. The molecule has 7 heteroatoms. The van der Waals surface area contributed by atoms with Gasteiger partial charge in [0, 0.05) is 5.69 Å². The molecule has 2 N–H and O–H groups in total. The van der Waals surface area contributed by atoms with Gasteiger partial charge in [-0.25, -0.2) is 4.39 Å². The second kappa shape index (κ2) is 8.07. The Bertz CT molecular complexity index is 819. The fourth-order valence-electron chi connectivity index (χ4n) is 2.67. The Kier molecular flexibility index (Phi) is 5.59. The minimum atomic E-state index is -1.08. The lowest BCUT2D eigenvalue weighted by molar-refractivity contribution is -0.134. The first kappa shape index (κ1) is 18.7. The number of hydrogen-bond acceptors (Lipinski definition) is 4. The van der Waals surface area contributed by atoms with Crippen molar-refractivity contribution in [2.75, 3.05) is 25.6 Å². The van der Waals surface area contributed by atoms with E-state index in [4.69, 9.17) is 9.47 Å². The summed E-state index contributed by atoms with van der Waals surface area (Å²) in [5.41, 5.74) is -0.742. The van der Waals surface area contributed by atoms with E-state index in [9.17, 15) is 14.0 Å². The number of amides is 2. The van der Waals surface area contributed by atoms with Gasteiger partial charge in [-0.3, -0.25) is 9.59 Å². The predicted molar refractivity (Wildman–Crippen MR) is 98.2 cm³/mol. The molecule has 0 unspecified atom stereocenters. The van der Waals surface area contributed by atoms with E-state index in [0.29, 0.717) is 24.3 Å². The van der Waals surface area contributed by atoms with Crippen molar-refractivity contribution in [2.24, 2.45) is 5.41 Å². The van der Waals surface area contributed by atoms with Crippen molar-refractivity contribution in [1.29, 1.82) is 0 Å². The highest BCUT2D eigenvalue weighted by atomic mass is 19.1. The first-order valence-electron chi connectivity index (χ1n) is 8.66. The normalized spacial score (nSPS) is 14.1. The quantitative estimate of drug-likeness (QED) is 0.552. The van der Waals surface area contributed by atoms with Crippen LogP contribution in [-0.2, 0) is 9.59 Å². The van der Waals surface area contributed by atoms with E-state index in [1.165, 1.54) is 18.2 Å². The lowest BCUT2D eigenvalue weighted by Gasteiger charge is -2.16. The van der Waals surface area contributed by atoms with Gasteiger partial charge in [0.1, 0.15) is 29.3 Å². The highest BCUT2D eigenvalue weighted by Crippen LogP contribution is 2.46. The molecule has 0 atom stereocenters. The van der Waals surface area contributed by atoms with E-state index in [0.717, 1.165) is 5.75 Å². The van der Waals surface area contributed by atoms with Gasteiger partial charge in [-0.15, -0.1) is 0 Å². The third-order valence-corrected chi connectivity index (χ3v) is 4.42. The van der Waals surface area contributed by atoms with E-state index in [1.807, 2.05) is 0 Å². The van der Waals surface area contributed by atoms with Crippen molar-refractivity contribution in [2.45, 2.75) is 12.8 Å². The zero-order valence-corrected chi connectivity index (χ0v) is 15.0. The van der Waals surface area contributed by atoms with Gasteiger partial charge in [0.05, 0.1) is 13.7 Å². The molecule has 0 radical (unpaired) electrons. The lowest BCUT2D eigenvalue weighted by Crippen LogP contribution is -2.41. The predicted octanol–water partition coefficient (Wildman–Crippen LogP) is 2.75. The SMILES string of the molecule is COc1ccc(OCCNC(=O)C2(C(=O)Nc3cccc(F)c3)CC2)cc1. The highest BCUT2D eigenvalue weighted by molar-refractivity contribution is 6.13. The van der Waals surface area contributed by atoms with E-state index in [-0.39, 0.29) is 19.1 Å². The molecule has 3 rings (SSSR count). The van der Waals surface area contributed by atoms with Crippen molar-refractivity contribution >= 4 is 17.5 Å². The minimum Gasteiger partial charge on any atom is -0.497 e. The maximum absolute atomic E-state index is 13.2. The van der Waals surface area contributed by atoms with Gasteiger partial charge >= 0.3 is 0 Å². The van der Waals surface area contributed by atoms with Crippen LogP contribution in [0.25, 0.3) is 0 Å². The van der Waals surface area contributed by atoms with Crippen LogP contribution >= 0.6 is 0 Å². The molecule has 0 bridgehead atoms. The summed E-state index contributed by atoms with van der Waals surface area (Å²) in [6, 6.07) is 12.7. The average Bonchev–Trinajstić information content (AvgIpc) is 3.48. The Morgan fingerprint density at radius 1 is 1.07 bits per heavy atom. The van der Waals surface area contributed by atoms with Gasteiger partial charge in [0.2, 0.25) is 11.8 Å². The maximum Gasteiger partial charge on any atom is 0.240 e. The van der Waals surface area contributed by atoms with E-state index >= 15 is 0 Å². The smallest absolute Gasteiger partial charge is 0.240 e. The monoisotopic (exact) mass is 372 g/mol. The van der Waals surface area contributed by atoms with Crippen molar-refractivity contribution < 1.29 is 23.5 Å². The van der Waals surface area contributed by atoms with Crippen molar-refractivity contribution in [3.05, 3.63) is 54.3 Å². The summed E-state index contributed by atoms with van der Waals surface area (Å²) >= 11 is 0. The number of carbonyl (C=O) groups excluding carboxylic acids is 2.